The summed E-state index contributed by atoms with van der Waals surface area (Å²) in [6, 6.07) is 3.50. The molecule has 0 aromatic carbocycles. The molecule has 2 aromatic heterocycles. The molecule has 30 heavy (non-hydrogen) atoms. The first-order chi connectivity index (χ1) is 14.3. The molecular formula is C20H21N5O3S2. The normalized spacial score (nSPS) is 27.5. The summed E-state index contributed by atoms with van der Waals surface area (Å²) in [5.41, 5.74) is -0.183. The maximum Gasteiger partial charge on any atom is 0.250 e. The van der Waals surface area contributed by atoms with Gasteiger partial charge in [0, 0.05) is 25.0 Å². The number of aromatic nitrogens is 2. The molecule has 2 atom stereocenters. The van der Waals surface area contributed by atoms with Gasteiger partial charge in [0.25, 0.3) is 0 Å². The number of hydrogen-bond acceptors (Lipinski definition) is 8. The lowest BCUT2D eigenvalue weighted by Crippen LogP contribution is -2.45. The molecule has 2 saturated heterocycles. The van der Waals surface area contributed by atoms with Gasteiger partial charge >= 0.3 is 0 Å². The Balaban J connectivity index is 1.65. The number of carbonyl (C=O) groups excluding carboxylic acids is 1. The van der Waals surface area contributed by atoms with Gasteiger partial charge in [0.15, 0.2) is 0 Å². The van der Waals surface area contributed by atoms with E-state index in [4.69, 9.17) is 0 Å². The predicted octanol–water partition coefficient (Wildman–Crippen LogP) is 1.99. The van der Waals surface area contributed by atoms with Crippen molar-refractivity contribution in [2.75, 3.05) is 18.0 Å². The van der Waals surface area contributed by atoms with Crippen LogP contribution < -0.4 is 4.90 Å². The Morgan fingerprint density at radius 3 is 2.73 bits per heavy atom. The zero-order chi connectivity index (χ0) is 21.3. The third-order valence-electron chi connectivity index (χ3n) is 6.25. The standard InChI is InChI=1S/C20H21N5O3S2/c1-12(2)25-19(26)20(15-5-6-29-10-15)11-24(9-16(20)30(25,27)28)18-14(7-21)8-22-17(23-18)13-3-4-13/h5-6,8,10,12-13,16H,3-4,9,11H2,1-2H3/t16-,20-/m0/s1. The zero-order valence-electron chi connectivity index (χ0n) is 16.6. The topological polar surface area (TPSA) is 107 Å². The second kappa shape index (κ2) is 6.49. The Morgan fingerprint density at radius 1 is 1.37 bits per heavy atom. The second-order valence-electron chi connectivity index (χ2n) is 8.44. The number of thiophene rings is 1. The van der Waals surface area contributed by atoms with Crippen molar-refractivity contribution in [3.05, 3.63) is 40.0 Å². The van der Waals surface area contributed by atoms with E-state index in [1.807, 2.05) is 16.8 Å². The lowest BCUT2D eigenvalue weighted by molar-refractivity contribution is -0.131. The van der Waals surface area contributed by atoms with Gasteiger partial charge in [-0.05, 0) is 49.1 Å². The molecule has 10 heteroatoms. The first kappa shape index (κ1) is 19.5. The maximum absolute atomic E-state index is 13.6. The van der Waals surface area contributed by atoms with Crippen LogP contribution in [0.5, 0.6) is 0 Å². The molecule has 1 saturated carbocycles. The summed E-state index contributed by atoms with van der Waals surface area (Å²) < 4.78 is 27.9. The third kappa shape index (κ3) is 2.55. The fraction of sp³-hybridized carbons (Fsp3) is 0.500. The van der Waals surface area contributed by atoms with Gasteiger partial charge < -0.3 is 4.90 Å². The van der Waals surface area contributed by atoms with Crippen LogP contribution in [0.1, 0.15) is 49.6 Å². The summed E-state index contributed by atoms with van der Waals surface area (Å²) in [6.07, 6.45) is 3.55. The number of amides is 1. The highest BCUT2D eigenvalue weighted by atomic mass is 32.2. The van der Waals surface area contributed by atoms with Gasteiger partial charge in [-0.1, -0.05) is 0 Å². The number of fused-ring (bicyclic) bond motifs is 1. The smallest absolute Gasteiger partial charge is 0.250 e. The van der Waals surface area contributed by atoms with Crippen LogP contribution in [-0.2, 0) is 20.2 Å². The number of nitriles is 1. The Morgan fingerprint density at radius 2 is 2.13 bits per heavy atom. The molecule has 0 spiro atoms. The van der Waals surface area contributed by atoms with Gasteiger partial charge in [-0.2, -0.15) is 16.6 Å². The van der Waals surface area contributed by atoms with Crippen molar-refractivity contribution in [2.45, 2.75) is 49.3 Å². The minimum Gasteiger partial charge on any atom is -0.353 e. The van der Waals surface area contributed by atoms with E-state index in [0.29, 0.717) is 28.7 Å². The predicted molar refractivity (Wildman–Crippen MR) is 112 cm³/mol. The molecule has 156 valence electrons. The number of anilines is 1. The molecule has 1 amide bonds. The molecule has 3 aliphatic rings. The van der Waals surface area contributed by atoms with Crippen molar-refractivity contribution in [1.82, 2.24) is 14.3 Å². The second-order valence-corrected chi connectivity index (χ2v) is 11.2. The van der Waals surface area contributed by atoms with E-state index in [1.54, 1.807) is 18.7 Å². The maximum atomic E-state index is 13.6. The van der Waals surface area contributed by atoms with Gasteiger partial charge in [-0.15, -0.1) is 0 Å². The molecule has 4 heterocycles. The Kier molecular flexibility index (Phi) is 4.21. The highest BCUT2D eigenvalue weighted by Gasteiger charge is 2.68. The quantitative estimate of drug-likeness (QED) is 0.711. The molecule has 5 rings (SSSR count). The highest BCUT2D eigenvalue weighted by molar-refractivity contribution is 7.91. The molecule has 1 aliphatic carbocycles. The lowest BCUT2D eigenvalue weighted by Gasteiger charge is -2.28. The fourth-order valence-electron chi connectivity index (χ4n) is 4.68. The third-order valence-corrected chi connectivity index (χ3v) is 9.34. The van der Waals surface area contributed by atoms with Crippen LogP contribution in [0.15, 0.2) is 23.0 Å². The molecule has 2 aromatic rings. The van der Waals surface area contributed by atoms with Gasteiger partial charge in [-0.25, -0.2) is 22.7 Å². The van der Waals surface area contributed by atoms with E-state index in [0.717, 1.165) is 17.1 Å². The van der Waals surface area contributed by atoms with Crippen molar-refractivity contribution in [3.63, 3.8) is 0 Å². The van der Waals surface area contributed by atoms with E-state index in [-0.39, 0.29) is 13.1 Å². The Labute approximate surface area is 179 Å². The first-order valence-electron chi connectivity index (χ1n) is 9.93. The summed E-state index contributed by atoms with van der Waals surface area (Å²) in [5.74, 6) is 1.02. The Bertz CT molecular complexity index is 1170. The number of nitrogens with zero attached hydrogens (tertiary/aromatic N) is 5. The van der Waals surface area contributed by atoms with Gasteiger partial charge in [0.1, 0.15) is 33.9 Å². The summed E-state index contributed by atoms with van der Waals surface area (Å²) in [4.78, 5) is 24.3. The van der Waals surface area contributed by atoms with Crippen molar-refractivity contribution in [3.8, 4) is 6.07 Å². The van der Waals surface area contributed by atoms with Gasteiger partial charge in [-0.3, -0.25) is 4.79 Å². The van der Waals surface area contributed by atoms with Crippen molar-refractivity contribution in [2.24, 2.45) is 0 Å². The minimum absolute atomic E-state index is 0.114. The summed E-state index contributed by atoms with van der Waals surface area (Å²) in [5, 5.41) is 12.4. The minimum atomic E-state index is -3.85. The fourth-order valence-corrected chi connectivity index (χ4v) is 7.86. The van der Waals surface area contributed by atoms with Crippen LogP contribution in [0.2, 0.25) is 0 Å². The molecule has 8 nitrogen and oxygen atoms in total. The molecule has 0 unspecified atom stereocenters. The van der Waals surface area contributed by atoms with E-state index in [1.165, 1.54) is 17.5 Å². The van der Waals surface area contributed by atoms with E-state index in [2.05, 4.69) is 16.0 Å². The summed E-state index contributed by atoms with van der Waals surface area (Å²) in [7, 11) is -3.85. The van der Waals surface area contributed by atoms with Crippen molar-refractivity contribution >= 4 is 33.1 Å². The molecule has 0 N–H and O–H groups in total. The van der Waals surface area contributed by atoms with Crippen LogP contribution in [0, 0.1) is 11.3 Å². The monoisotopic (exact) mass is 443 g/mol. The largest absolute Gasteiger partial charge is 0.353 e. The number of hydrogen-bond donors (Lipinski definition) is 0. The number of rotatable bonds is 4. The first-order valence-corrected chi connectivity index (χ1v) is 12.4. The average molecular weight is 444 g/mol. The molecular weight excluding hydrogens is 422 g/mol. The number of sulfonamides is 1. The van der Waals surface area contributed by atoms with Crippen LogP contribution in [-0.4, -0.2) is 53.0 Å². The Hall–Kier alpha value is -2.51. The van der Waals surface area contributed by atoms with E-state index < -0.39 is 32.6 Å². The summed E-state index contributed by atoms with van der Waals surface area (Å²) >= 11 is 1.44. The van der Waals surface area contributed by atoms with Crippen LogP contribution in [0.25, 0.3) is 0 Å². The van der Waals surface area contributed by atoms with Crippen LogP contribution >= 0.6 is 11.3 Å². The lowest BCUT2D eigenvalue weighted by atomic mass is 9.79. The molecule has 0 bridgehead atoms. The number of carbonyl (C=O) groups is 1. The highest BCUT2D eigenvalue weighted by Crippen LogP contribution is 2.49. The average Bonchev–Trinajstić information content (AvgIpc) is 3.19. The van der Waals surface area contributed by atoms with E-state index >= 15 is 0 Å². The van der Waals surface area contributed by atoms with E-state index in [9.17, 15) is 18.5 Å². The SMILES string of the molecule is CC(C)N1C(=O)[C@]2(c3ccsc3)CN(c3nc(C4CC4)ncc3C#N)C[C@@H]2S1(=O)=O. The van der Waals surface area contributed by atoms with Crippen LogP contribution in [0.4, 0.5) is 5.82 Å². The van der Waals surface area contributed by atoms with Gasteiger partial charge in [0.05, 0.1) is 6.20 Å². The summed E-state index contributed by atoms with van der Waals surface area (Å²) in [6.45, 7) is 3.72. The molecule has 2 aliphatic heterocycles. The molecule has 3 fully saturated rings. The van der Waals surface area contributed by atoms with Gasteiger partial charge in [0.2, 0.25) is 15.9 Å². The molecule has 0 radical (unpaired) electrons. The van der Waals surface area contributed by atoms with Crippen molar-refractivity contribution < 1.29 is 13.2 Å². The zero-order valence-corrected chi connectivity index (χ0v) is 18.3. The van der Waals surface area contributed by atoms with Crippen LogP contribution in [0.3, 0.4) is 0 Å². The van der Waals surface area contributed by atoms with Crippen molar-refractivity contribution in [1.29, 1.82) is 5.26 Å².